The van der Waals surface area contributed by atoms with Gasteiger partial charge in [0.05, 0.1) is 18.9 Å². The minimum atomic E-state index is -3.60. The predicted molar refractivity (Wildman–Crippen MR) is 101 cm³/mol. The molecule has 2 rings (SSSR count). The van der Waals surface area contributed by atoms with Crippen molar-refractivity contribution in [1.29, 1.82) is 0 Å². The van der Waals surface area contributed by atoms with Crippen molar-refractivity contribution in [2.24, 2.45) is 0 Å². The van der Waals surface area contributed by atoms with E-state index in [-0.39, 0.29) is 18.2 Å². The van der Waals surface area contributed by atoms with Gasteiger partial charge in [0.1, 0.15) is 5.75 Å². The van der Waals surface area contributed by atoms with Crippen LogP contribution in [0.25, 0.3) is 0 Å². The lowest BCUT2D eigenvalue weighted by Gasteiger charge is -2.09. The number of hydrogen-bond acceptors (Lipinski definition) is 4. The summed E-state index contributed by atoms with van der Waals surface area (Å²) in [4.78, 5) is 11.8. The number of aryl methyl sites for hydroxylation is 1. The molecule has 2 aromatic carbocycles. The minimum Gasteiger partial charge on any atom is -0.494 e. The summed E-state index contributed by atoms with van der Waals surface area (Å²) < 4.78 is 31.9. The van der Waals surface area contributed by atoms with E-state index in [9.17, 15) is 13.2 Å². The number of hydrogen-bond donors (Lipinski definition) is 2. The standard InChI is InChI=1S/C19H24N2O4S/c1-3-25-18-10-8-17(9-11-18)14-26(23,24)21-13-19(22)20-12-16-6-4-15(2)5-7-16/h4-11,21H,3,12-14H2,1-2H3,(H,20,22). The minimum absolute atomic E-state index is 0.190. The molecule has 6 nitrogen and oxygen atoms in total. The van der Waals surface area contributed by atoms with Crippen LogP contribution in [0.3, 0.4) is 0 Å². The van der Waals surface area contributed by atoms with Gasteiger partial charge in [-0.15, -0.1) is 0 Å². The van der Waals surface area contributed by atoms with Crippen molar-refractivity contribution < 1.29 is 17.9 Å². The Morgan fingerprint density at radius 1 is 1.00 bits per heavy atom. The molecule has 0 aliphatic rings. The average Bonchev–Trinajstić information content (AvgIpc) is 2.61. The van der Waals surface area contributed by atoms with Gasteiger partial charge >= 0.3 is 0 Å². The Morgan fingerprint density at radius 2 is 1.62 bits per heavy atom. The third-order valence-corrected chi connectivity index (χ3v) is 4.95. The van der Waals surface area contributed by atoms with Gasteiger partial charge in [-0.25, -0.2) is 13.1 Å². The van der Waals surface area contributed by atoms with Crippen molar-refractivity contribution in [3.8, 4) is 5.75 Å². The van der Waals surface area contributed by atoms with Crippen molar-refractivity contribution in [3.05, 3.63) is 65.2 Å². The second-order valence-corrected chi connectivity index (χ2v) is 7.73. The molecule has 0 heterocycles. The van der Waals surface area contributed by atoms with Crippen LogP contribution in [0.4, 0.5) is 0 Å². The molecule has 140 valence electrons. The second-order valence-electron chi connectivity index (χ2n) is 5.92. The lowest BCUT2D eigenvalue weighted by Crippen LogP contribution is -2.37. The number of amides is 1. The van der Waals surface area contributed by atoms with Gasteiger partial charge in [-0.2, -0.15) is 0 Å². The van der Waals surface area contributed by atoms with Gasteiger partial charge in [-0.05, 0) is 37.1 Å². The van der Waals surface area contributed by atoms with Crippen LogP contribution >= 0.6 is 0 Å². The summed E-state index contributed by atoms with van der Waals surface area (Å²) in [5.74, 6) is 0.128. The molecule has 0 aliphatic carbocycles. The zero-order valence-corrected chi connectivity index (χ0v) is 15.8. The van der Waals surface area contributed by atoms with Crippen LogP contribution in [0.15, 0.2) is 48.5 Å². The number of carbonyl (C=O) groups is 1. The van der Waals surface area contributed by atoms with Gasteiger partial charge < -0.3 is 10.1 Å². The van der Waals surface area contributed by atoms with Crippen molar-refractivity contribution in [1.82, 2.24) is 10.0 Å². The number of rotatable bonds is 9. The molecular formula is C19H24N2O4S. The molecule has 0 radical (unpaired) electrons. The Labute approximate surface area is 154 Å². The van der Waals surface area contributed by atoms with Crippen LogP contribution in [-0.2, 0) is 27.1 Å². The molecule has 0 fully saturated rings. The highest BCUT2D eigenvalue weighted by Gasteiger charge is 2.13. The smallest absolute Gasteiger partial charge is 0.235 e. The second kappa shape index (κ2) is 9.35. The van der Waals surface area contributed by atoms with Gasteiger partial charge in [-0.1, -0.05) is 42.0 Å². The van der Waals surface area contributed by atoms with Crippen molar-refractivity contribution in [2.75, 3.05) is 13.2 Å². The third-order valence-electron chi connectivity index (χ3n) is 3.65. The molecule has 0 aromatic heterocycles. The normalized spacial score (nSPS) is 11.2. The van der Waals surface area contributed by atoms with Crippen LogP contribution in [0.2, 0.25) is 0 Å². The number of ether oxygens (including phenoxy) is 1. The Morgan fingerprint density at radius 3 is 2.23 bits per heavy atom. The summed E-state index contributed by atoms with van der Waals surface area (Å²) in [5, 5.41) is 2.69. The lowest BCUT2D eigenvalue weighted by atomic mass is 10.1. The van der Waals surface area contributed by atoms with Crippen molar-refractivity contribution in [3.63, 3.8) is 0 Å². The van der Waals surface area contributed by atoms with Gasteiger partial charge in [0.25, 0.3) is 0 Å². The van der Waals surface area contributed by atoms with E-state index >= 15 is 0 Å². The van der Waals surface area contributed by atoms with Gasteiger partial charge in [0, 0.05) is 6.54 Å². The first kappa shape index (κ1) is 19.9. The van der Waals surface area contributed by atoms with Crippen LogP contribution in [0.5, 0.6) is 5.75 Å². The summed E-state index contributed by atoms with van der Waals surface area (Å²) in [6, 6.07) is 14.6. The molecule has 0 saturated heterocycles. The zero-order chi connectivity index (χ0) is 19.0. The summed E-state index contributed by atoms with van der Waals surface area (Å²) in [7, 11) is -3.60. The molecule has 0 bridgehead atoms. The maximum absolute atomic E-state index is 12.1. The SMILES string of the molecule is CCOc1ccc(CS(=O)(=O)NCC(=O)NCc2ccc(C)cc2)cc1. The first-order chi connectivity index (χ1) is 12.4. The maximum atomic E-state index is 12.1. The molecule has 0 atom stereocenters. The average molecular weight is 376 g/mol. The van der Waals surface area contributed by atoms with Gasteiger partial charge in [0.15, 0.2) is 0 Å². The first-order valence-corrected chi connectivity index (χ1v) is 10.0. The number of benzene rings is 2. The third kappa shape index (κ3) is 6.85. The van der Waals surface area contributed by atoms with E-state index < -0.39 is 10.0 Å². The largest absolute Gasteiger partial charge is 0.494 e. The van der Waals surface area contributed by atoms with Crippen LogP contribution in [-0.4, -0.2) is 27.5 Å². The Bertz CT molecular complexity index is 816. The fourth-order valence-corrected chi connectivity index (χ4v) is 3.35. The van der Waals surface area contributed by atoms with Gasteiger partial charge in [-0.3, -0.25) is 4.79 Å². The fraction of sp³-hybridized carbons (Fsp3) is 0.316. The van der Waals surface area contributed by atoms with Gasteiger partial charge in [0.2, 0.25) is 15.9 Å². The Hall–Kier alpha value is -2.38. The topological polar surface area (TPSA) is 84.5 Å². The van der Waals surface area contributed by atoms with E-state index in [4.69, 9.17) is 4.74 Å². The number of nitrogens with one attached hydrogen (secondary N) is 2. The van der Waals surface area contributed by atoms with E-state index in [2.05, 4.69) is 10.0 Å². The molecule has 0 spiro atoms. The quantitative estimate of drug-likeness (QED) is 0.702. The molecule has 0 saturated carbocycles. The highest BCUT2D eigenvalue weighted by Crippen LogP contribution is 2.13. The number of sulfonamides is 1. The summed E-state index contributed by atoms with van der Waals surface area (Å²) in [6.07, 6.45) is 0. The lowest BCUT2D eigenvalue weighted by molar-refractivity contribution is -0.120. The molecule has 0 aliphatic heterocycles. The predicted octanol–water partition coefficient (Wildman–Crippen LogP) is 2.13. The van der Waals surface area contributed by atoms with Crippen LogP contribution in [0, 0.1) is 6.92 Å². The van der Waals surface area contributed by atoms with E-state index in [1.54, 1.807) is 24.3 Å². The Balaban J connectivity index is 1.79. The summed E-state index contributed by atoms with van der Waals surface area (Å²) >= 11 is 0. The monoisotopic (exact) mass is 376 g/mol. The van der Waals surface area contributed by atoms with Crippen LogP contribution < -0.4 is 14.8 Å². The molecule has 7 heteroatoms. The molecule has 2 aromatic rings. The van der Waals surface area contributed by atoms with Crippen molar-refractivity contribution >= 4 is 15.9 Å². The van der Waals surface area contributed by atoms with E-state index in [0.29, 0.717) is 24.5 Å². The zero-order valence-electron chi connectivity index (χ0n) is 15.0. The molecule has 1 amide bonds. The first-order valence-electron chi connectivity index (χ1n) is 8.39. The van der Waals surface area contributed by atoms with E-state index in [0.717, 1.165) is 11.1 Å². The van der Waals surface area contributed by atoms with E-state index in [1.165, 1.54) is 0 Å². The summed E-state index contributed by atoms with van der Waals surface area (Å²) in [5.41, 5.74) is 2.73. The highest BCUT2D eigenvalue weighted by atomic mass is 32.2. The van der Waals surface area contributed by atoms with Crippen molar-refractivity contribution in [2.45, 2.75) is 26.1 Å². The maximum Gasteiger partial charge on any atom is 0.235 e. The van der Waals surface area contributed by atoms with E-state index in [1.807, 2.05) is 38.1 Å². The fourth-order valence-electron chi connectivity index (χ4n) is 2.26. The molecule has 0 unspecified atom stereocenters. The number of carbonyl (C=O) groups excluding carboxylic acids is 1. The molecule has 2 N–H and O–H groups in total. The molecule has 26 heavy (non-hydrogen) atoms. The van der Waals surface area contributed by atoms with Crippen LogP contribution in [0.1, 0.15) is 23.6 Å². The molecular weight excluding hydrogens is 352 g/mol. The Kier molecular flexibility index (Phi) is 7.17. The highest BCUT2D eigenvalue weighted by molar-refractivity contribution is 7.88. The summed E-state index contributed by atoms with van der Waals surface area (Å²) in [6.45, 7) is 4.50.